The summed E-state index contributed by atoms with van der Waals surface area (Å²) >= 11 is -4.04. The Bertz CT molecular complexity index is 417. The van der Waals surface area contributed by atoms with Gasteiger partial charge in [-0.25, -0.2) is 0 Å². The fourth-order valence-electron chi connectivity index (χ4n) is 2.75. The van der Waals surface area contributed by atoms with Gasteiger partial charge in [0.15, 0.2) is 0 Å². The van der Waals surface area contributed by atoms with Crippen LogP contribution in [0.25, 0.3) is 3.59 Å². The van der Waals surface area contributed by atoms with E-state index in [9.17, 15) is 0 Å². The van der Waals surface area contributed by atoms with Crippen LogP contribution in [0, 0.1) is 0 Å². The molecule has 0 heterocycles. The Morgan fingerprint density at radius 2 is 1.33 bits per heavy atom. The van der Waals surface area contributed by atoms with Gasteiger partial charge in [0.2, 0.25) is 0 Å². The van der Waals surface area contributed by atoms with Crippen molar-refractivity contribution in [1.82, 2.24) is 0 Å². The van der Waals surface area contributed by atoms with Crippen molar-refractivity contribution in [3.05, 3.63) is 39.5 Å². The van der Waals surface area contributed by atoms with E-state index in [-0.39, 0.29) is 0 Å². The summed E-state index contributed by atoms with van der Waals surface area (Å²) in [4.78, 5) is 15.4. The first-order valence-corrected chi connectivity index (χ1v) is 27.0. The molecule has 1 aromatic carbocycles. The second kappa shape index (κ2) is 6.34. The summed E-state index contributed by atoms with van der Waals surface area (Å²) in [5.74, 6) is 0. The quantitative estimate of drug-likeness (QED) is 0.516. The predicted octanol–water partition coefficient (Wildman–Crippen LogP) is 5.61. The van der Waals surface area contributed by atoms with Crippen molar-refractivity contribution in [2.45, 2.75) is 43.0 Å². The van der Waals surface area contributed by atoms with E-state index < -0.39 is 36.8 Å². The molecule has 18 heavy (non-hydrogen) atoms. The molecule has 0 spiro atoms. The molecule has 1 rings (SSSR count). The molecule has 2 heteroatoms. The number of hydrogen-bond donors (Lipinski definition) is 0. The summed E-state index contributed by atoms with van der Waals surface area (Å²) in [6.45, 7) is 2.36. The normalized spacial score (nSPS) is 14.4. The first-order valence-electron chi connectivity index (χ1n) is 6.97. The van der Waals surface area contributed by atoms with Gasteiger partial charge in [0.05, 0.1) is 0 Å². The van der Waals surface area contributed by atoms with Crippen LogP contribution in [-0.4, -0.2) is 36.8 Å². The Kier molecular flexibility index (Phi) is 5.85. The third kappa shape index (κ3) is 4.29. The molecule has 0 aromatic heterocycles. The molecule has 0 unspecified atom stereocenters. The molecule has 0 aliphatic rings. The standard InChI is InChI=1S/C10H10.6CH3.2Sn/c1-2-3-7-10-8-5-4-6-9-10;;;;;;;;/h4-6,8-9H,2H2,1H3;6*1H3;;. The van der Waals surface area contributed by atoms with Crippen molar-refractivity contribution in [1.29, 1.82) is 0 Å². The number of hydrogen-bond acceptors (Lipinski definition) is 0. The summed E-state index contributed by atoms with van der Waals surface area (Å²) in [5, 5.41) is 0. The Morgan fingerprint density at radius 3 is 1.67 bits per heavy atom. The van der Waals surface area contributed by atoms with E-state index in [1.807, 2.05) is 7.18 Å². The molecule has 0 nitrogen and oxygen atoms in total. The maximum absolute atomic E-state index is 2.56. The van der Waals surface area contributed by atoms with Gasteiger partial charge in [-0.3, -0.25) is 0 Å². The van der Waals surface area contributed by atoms with Crippen molar-refractivity contribution in [2.24, 2.45) is 0 Å². The van der Waals surface area contributed by atoms with Gasteiger partial charge in [0.25, 0.3) is 0 Å². The predicted molar refractivity (Wildman–Crippen MR) is 90.3 cm³/mol. The Balaban J connectivity index is 3.53. The molecule has 0 atom stereocenters. The van der Waals surface area contributed by atoms with E-state index in [2.05, 4.69) is 66.9 Å². The molecule has 0 bridgehead atoms. The van der Waals surface area contributed by atoms with Gasteiger partial charge in [-0.15, -0.1) is 0 Å². The zero-order valence-electron chi connectivity index (χ0n) is 13.1. The van der Waals surface area contributed by atoms with Crippen LogP contribution in [0.5, 0.6) is 0 Å². The molecule has 0 N–H and O–H groups in total. The molecule has 0 amide bonds. The van der Waals surface area contributed by atoms with Crippen LogP contribution >= 0.6 is 0 Å². The number of rotatable bonds is 4. The molecule has 1 aromatic rings. The van der Waals surface area contributed by atoms with E-state index >= 15 is 0 Å². The zero-order chi connectivity index (χ0) is 14.0. The summed E-state index contributed by atoms with van der Waals surface area (Å²) in [6, 6.07) is 11.2. The second-order valence-electron chi connectivity index (χ2n) is 7.07. The van der Waals surface area contributed by atoms with Gasteiger partial charge < -0.3 is 0 Å². The third-order valence-corrected chi connectivity index (χ3v) is 18.3. The van der Waals surface area contributed by atoms with E-state index in [0.29, 0.717) is 0 Å². The minimum atomic E-state index is -2.07. The third-order valence-electron chi connectivity index (χ3n) is 3.37. The Hall–Kier alpha value is 0.557. The molecular formula is C16H28Sn2. The summed E-state index contributed by atoms with van der Waals surface area (Å²) < 4.78 is 3.69. The molecule has 0 aliphatic heterocycles. The van der Waals surface area contributed by atoms with Crippen molar-refractivity contribution in [2.75, 3.05) is 0 Å². The van der Waals surface area contributed by atoms with Gasteiger partial charge in [0.1, 0.15) is 0 Å². The topological polar surface area (TPSA) is 0 Å². The van der Waals surface area contributed by atoms with Crippen molar-refractivity contribution in [3.63, 3.8) is 0 Å². The molecule has 0 radical (unpaired) electrons. The molecular weight excluding hydrogens is 430 g/mol. The summed E-state index contributed by atoms with van der Waals surface area (Å²) in [6.07, 6.45) is 1.26. The van der Waals surface area contributed by atoms with Crippen LogP contribution in [0.4, 0.5) is 0 Å². The van der Waals surface area contributed by atoms with Crippen molar-refractivity contribution < 1.29 is 0 Å². The van der Waals surface area contributed by atoms with Crippen LogP contribution < -0.4 is 0 Å². The second-order valence-corrected chi connectivity index (χ2v) is 35.9. The van der Waals surface area contributed by atoms with Gasteiger partial charge in [-0.1, -0.05) is 0 Å². The zero-order valence-corrected chi connectivity index (χ0v) is 18.8. The summed E-state index contributed by atoms with van der Waals surface area (Å²) in [5.41, 5.74) is 1.52. The van der Waals surface area contributed by atoms with Crippen LogP contribution in [-0.2, 0) is 0 Å². The first-order chi connectivity index (χ1) is 8.18. The van der Waals surface area contributed by atoms with Crippen LogP contribution in [0.1, 0.15) is 18.9 Å². The molecule has 0 saturated carbocycles. The maximum atomic E-state index is 2.56. The Labute approximate surface area is 122 Å². The van der Waals surface area contributed by atoms with Crippen molar-refractivity contribution in [3.8, 4) is 0 Å². The van der Waals surface area contributed by atoms with Crippen LogP contribution in [0.15, 0.2) is 33.9 Å². The van der Waals surface area contributed by atoms with Crippen LogP contribution in [0.3, 0.4) is 0 Å². The molecule has 100 valence electrons. The van der Waals surface area contributed by atoms with Crippen LogP contribution in [0.2, 0.25) is 29.6 Å². The number of allylic oxidation sites excluding steroid dienone is 1. The number of benzene rings is 1. The van der Waals surface area contributed by atoms with E-state index in [1.165, 1.54) is 12.0 Å². The van der Waals surface area contributed by atoms with Gasteiger partial charge in [-0.05, 0) is 0 Å². The monoisotopic (exact) mass is 460 g/mol. The molecule has 0 saturated heterocycles. The summed E-state index contributed by atoms with van der Waals surface area (Å²) in [7, 11) is 0. The fourth-order valence-corrected chi connectivity index (χ4v) is 28.7. The SMILES string of the molecule is CC/[C](=[C](\c1ccccc1)[Sn]([CH3])([CH3])[CH3])[Sn]([CH3])([CH3])[CH3]. The molecule has 0 fully saturated rings. The van der Waals surface area contributed by atoms with E-state index in [4.69, 9.17) is 0 Å². The Morgan fingerprint density at radius 1 is 0.833 bits per heavy atom. The first kappa shape index (κ1) is 16.6. The fraction of sp³-hybridized carbons (Fsp3) is 0.500. The van der Waals surface area contributed by atoms with Gasteiger partial charge in [-0.2, -0.15) is 0 Å². The average Bonchev–Trinajstić information content (AvgIpc) is 2.23. The van der Waals surface area contributed by atoms with E-state index in [0.717, 1.165) is 0 Å². The van der Waals surface area contributed by atoms with Gasteiger partial charge in [0, 0.05) is 0 Å². The van der Waals surface area contributed by atoms with E-state index in [1.54, 1.807) is 0 Å². The minimum absolute atomic E-state index is 1.26. The average molecular weight is 458 g/mol. The van der Waals surface area contributed by atoms with Crippen molar-refractivity contribution >= 4 is 40.3 Å². The molecule has 0 aliphatic carbocycles. The van der Waals surface area contributed by atoms with Gasteiger partial charge >= 0.3 is 123 Å².